The molecule has 1 aromatic heterocycles. The van der Waals surface area contributed by atoms with Gasteiger partial charge in [0, 0.05) is 24.2 Å². The lowest BCUT2D eigenvalue weighted by Crippen LogP contribution is -1.89. The number of hydrogen-bond donors (Lipinski definition) is 0. The lowest BCUT2D eigenvalue weighted by atomic mass is 10.1. The Kier molecular flexibility index (Phi) is 1.98. The van der Waals surface area contributed by atoms with Crippen LogP contribution in [0.3, 0.4) is 0 Å². The van der Waals surface area contributed by atoms with Crippen molar-refractivity contribution in [1.82, 2.24) is 9.78 Å². The normalized spacial score (nSPS) is 11.5. The molecule has 0 aliphatic heterocycles. The molecule has 74 valence electrons. The Morgan fingerprint density at radius 1 is 1.36 bits per heavy atom. The zero-order valence-corrected chi connectivity index (χ0v) is 7.96. The summed E-state index contributed by atoms with van der Waals surface area (Å²) in [4.78, 5) is 0. The van der Waals surface area contributed by atoms with E-state index in [9.17, 15) is 8.78 Å². The molecule has 0 unspecified atom stereocenters. The molecule has 2 rings (SSSR count). The summed E-state index contributed by atoms with van der Waals surface area (Å²) in [6, 6.07) is 3.19. The van der Waals surface area contributed by atoms with E-state index >= 15 is 0 Å². The second-order valence-corrected chi connectivity index (χ2v) is 3.37. The molecule has 1 heterocycles. The highest BCUT2D eigenvalue weighted by molar-refractivity contribution is 5.79. The summed E-state index contributed by atoms with van der Waals surface area (Å²) in [6.07, 6.45) is -0.612. The van der Waals surface area contributed by atoms with Crippen molar-refractivity contribution in [1.29, 1.82) is 0 Å². The van der Waals surface area contributed by atoms with Crippen molar-refractivity contribution in [2.24, 2.45) is 7.05 Å². The lowest BCUT2D eigenvalue weighted by Gasteiger charge is -2.03. The number of alkyl halides is 2. The molecule has 14 heavy (non-hydrogen) atoms. The van der Waals surface area contributed by atoms with E-state index in [4.69, 9.17) is 0 Å². The smallest absolute Gasteiger partial charge is 0.264 e. The highest BCUT2D eigenvalue weighted by Crippen LogP contribution is 2.26. The highest BCUT2D eigenvalue weighted by Gasteiger charge is 2.12. The first kappa shape index (κ1) is 9.12. The Morgan fingerprint density at radius 2 is 2.07 bits per heavy atom. The summed E-state index contributed by atoms with van der Waals surface area (Å²) in [5, 5.41) is 4.98. The summed E-state index contributed by atoms with van der Waals surface area (Å²) in [5.41, 5.74) is 1.30. The number of fused-ring (bicyclic) bond motifs is 1. The minimum atomic E-state index is -2.43. The van der Waals surface area contributed by atoms with Gasteiger partial charge in [-0.25, -0.2) is 8.78 Å². The van der Waals surface area contributed by atoms with Crippen LogP contribution in [0.25, 0.3) is 10.9 Å². The van der Waals surface area contributed by atoms with E-state index < -0.39 is 6.43 Å². The maximum absolute atomic E-state index is 12.5. The monoisotopic (exact) mass is 196 g/mol. The lowest BCUT2D eigenvalue weighted by molar-refractivity contribution is 0.151. The van der Waals surface area contributed by atoms with Crippen molar-refractivity contribution < 1.29 is 8.78 Å². The summed E-state index contributed by atoms with van der Waals surface area (Å²) in [7, 11) is 1.78. The zero-order valence-electron chi connectivity index (χ0n) is 7.96. The summed E-state index contributed by atoms with van der Waals surface area (Å²) >= 11 is 0. The number of hydrogen-bond acceptors (Lipinski definition) is 1. The molecule has 0 N–H and O–H groups in total. The van der Waals surface area contributed by atoms with Gasteiger partial charge in [0.25, 0.3) is 6.43 Å². The fourth-order valence-electron chi connectivity index (χ4n) is 1.56. The van der Waals surface area contributed by atoms with Crippen LogP contribution in [0, 0.1) is 6.92 Å². The minimum Gasteiger partial charge on any atom is -0.275 e. The van der Waals surface area contributed by atoms with Crippen LogP contribution >= 0.6 is 0 Å². The van der Waals surface area contributed by atoms with Crippen LogP contribution in [-0.2, 0) is 7.05 Å². The highest BCUT2D eigenvalue weighted by atomic mass is 19.3. The fraction of sp³-hybridized carbons (Fsp3) is 0.300. The molecule has 0 aliphatic carbocycles. The first-order valence-corrected chi connectivity index (χ1v) is 4.30. The number of benzene rings is 1. The van der Waals surface area contributed by atoms with Gasteiger partial charge in [0.05, 0.1) is 5.52 Å². The standard InChI is InChI=1S/C10H10F2N2/c1-6-3-7-5-14(2)13-9(7)4-8(6)10(11)12/h3-5,10H,1-2H3. The van der Waals surface area contributed by atoms with Gasteiger partial charge in [-0.05, 0) is 24.6 Å². The third-order valence-corrected chi connectivity index (χ3v) is 2.24. The zero-order chi connectivity index (χ0) is 10.3. The first-order valence-electron chi connectivity index (χ1n) is 4.30. The summed E-state index contributed by atoms with van der Waals surface area (Å²) in [5.74, 6) is 0. The molecule has 0 radical (unpaired) electrons. The van der Waals surface area contributed by atoms with E-state index in [0.29, 0.717) is 11.1 Å². The van der Waals surface area contributed by atoms with Crippen molar-refractivity contribution in [3.8, 4) is 0 Å². The average molecular weight is 196 g/mol. The van der Waals surface area contributed by atoms with Crippen LogP contribution < -0.4 is 0 Å². The van der Waals surface area contributed by atoms with Crippen LogP contribution in [-0.4, -0.2) is 9.78 Å². The third kappa shape index (κ3) is 1.36. The maximum Gasteiger partial charge on any atom is 0.264 e. The van der Waals surface area contributed by atoms with Gasteiger partial charge in [0.1, 0.15) is 0 Å². The van der Waals surface area contributed by atoms with Crippen molar-refractivity contribution in [2.45, 2.75) is 13.3 Å². The topological polar surface area (TPSA) is 17.8 Å². The molecule has 0 fully saturated rings. The van der Waals surface area contributed by atoms with E-state index in [-0.39, 0.29) is 5.56 Å². The second-order valence-electron chi connectivity index (χ2n) is 3.37. The Labute approximate surface area is 80.1 Å². The SMILES string of the molecule is Cc1cc2cn(C)nc2cc1C(F)F. The summed E-state index contributed by atoms with van der Waals surface area (Å²) < 4.78 is 26.7. The molecule has 2 aromatic rings. The second kappa shape index (κ2) is 3.04. The van der Waals surface area contributed by atoms with Crippen molar-refractivity contribution in [2.75, 3.05) is 0 Å². The Hall–Kier alpha value is -1.45. The summed E-state index contributed by atoms with van der Waals surface area (Å²) in [6.45, 7) is 1.69. The van der Waals surface area contributed by atoms with E-state index in [1.807, 2.05) is 6.20 Å². The van der Waals surface area contributed by atoms with E-state index in [0.717, 1.165) is 5.39 Å². The molecular weight excluding hydrogens is 186 g/mol. The molecule has 4 heteroatoms. The number of aromatic nitrogens is 2. The third-order valence-electron chi connectivity index (χ3n) is 2.24. The molecule has 0 aliphatic rings. The number of halogens is 2. The molecule has 0 spiro atoms. The molecule has 0 bridgehead atoms. The fourth-order valence-corrected chi connectivity index (χ4v) is 1.56. The van der Waals surface area contributed by atoms with Gasteiger partial charge in [0.2, 0.25) is 0 Å². The van der Waals surface area contributed by atoms with Crippen LogP contribution in [0.2, 0.25) is 0 Å². The van der Waals surface area contributed by atoms with Gasteiger partial charge in [-0.15, -0.1) is 0 Å². The first-order chi connectivity index (χ1) is 6.58. The van der Waals surface area contributed by atoms with Crippen LogP contribution in [0.1, 0.15) is 17.6 Å². The average Bonchev–Trinajstić information content (AvgIpc) is 2.42. The van der Waals surface area contributed by atoms with Crippen molar-refractivity contribution >= 4 is 10.9 Å². The van der Waals surface area contributed by atoms with Gasteiger partial charge in [-0.2, -0.15) is 5.10 Å². The van der Waals surface area contributed by atoms with E-state index in [1.165, 1.54) is 6.07 Å². The molecule has 0 saturated carbocycles. The van der Waals surface area contributed by atoms with Gasteiger partial charge >= 0.3 is 0 Å². The van der Waals surface area contributed by atoms with Crippen molar-refractivity contribution in [3.05, 3.63) is 29.5 Å². The number of rotatable bonds is 1. The maximum atomic E-state index is 12.5. The van der Waals surface area contributed by atoms with E-state index in [2.05, 4.69) is 5.10 Å². The van der Waals surface area contributed by atoms with Crippen LogP contribution in [0.15, 0.2) is 18.3 Å². The predicted octanol–water partition coefficient (Wildman–Crippen LogP) is 2.82. The van der Waals surface area contributed by atoms with Crippen LogP contribution in [0.5, 0.6) is 0 Å². The number of nitrogens with zero attached hydrogens (tertiary/aromatic N) is 2. The predicted molar refractivity (Wildman–Crippen MR) is 50.4 cm³/mol. The van der Waals surface area contributed by atoms with E-state index in [1.54, 1.807) is 24.7 Å². The molecule has 1 aromatic carbocycles. The van der Waals surface area contributed by atoms with Gasteiger partial charge < -0.3 is 0 Å². The molecule has 2 nitrogen and oxygen atoms in total. The molecular formula is C10H10F2N2. The quantitative estimate of drug-likeness (QED) is 0.685. The molecule has 0 saturated heterocycles. The van der Waals surface area contributed by atoms with Gasteiger partial charge in [0.15, 0.2) is 0 Å². The molecule has 0 amide bonds. The Morgan fingerprint density at radius 3 is 2.71 bits per heavy atom. The van der Waals surface area contributed by atoms with Gasteiger partial charge in [-0.3, -0.25) is 4.68 Å². The Bertz CT molecular complexity index is 474. The van der Waals surface area contributed by atoms with Gasteiger partial charge in [-0.1, -0.05) is 0 Å². The number of aryl methyl sites for hydroxylation is 2. The Balaban J connectivity index is 2.70. The van der Waals surface area contributed by atoms with Crippen LogP contribution in [0.4, 0.5) is 8.78 Å². The van der Waals surface area contributed by atoms with Crippen molar-refractivity contribution in [3.63, 3.8) is 0 Å². The molecule has 0 atom stereocenters. The largest absolute Gasteiger partial charge is 0.275 e. The minimum absolute atomic E-state index is 0.0659.